The summed E-state index contributed by atoms with van der Waals surface area (Å²) in [4.78, 5) is 36.7. The molecular formula is C18H21N5O5. The Morgan fingerprint density at radius 1 is 1.11 bits per heavy atom. The van der Waals surface area contributed by atoms with Crippen LogP contribution in [0.25, 0.3) is 0 Å². The fourth-order valence-corrected chi connectivity index (χ4v) is 2.68. The maximum absolute atomic E-state index is 12.2. The minimum atomic E-state index is -1.00. The number of benzene rings is 1. The van der Waals surface area contributed by atoms with Crippen LogP contribution in [0.15, 0.2) is 36.5 Å². The van der Waals surface area contributed by atoms with E-state index in [2.05, 4.69) is 15.7 Å². The number of hydrogen-bond donors (Lipinski definition) is 3. The molecule has 1 aliphatic rings. The molecule has 28 heavy (non-hydrogen) atoms. The molecule has 1 saturated heterocycles. The van der Waals surface area contributed by atoms with Crippen molar-refractivity contribution in [2.24, 2.45) is 0 Å². The van der Waals surface area contributed by atoms with Gasteiger partial charge < -0.3 is 20.1 Å². The number of urea groups is 1. The molecule has 0 saturated carbocycles. The number of carboxylic acids is 1. The third kappa shape index (κ3) is 5.30. The summed E-state index contributed by atoms with van der Waals surface area (Å²) >= 11 is 0. The minimum Gasteiger partial charge on any atom is -0.478 e. The molecule has 1 fully saturated rings. The van der Waals surface area contributed by atoms with Gasteiger partial charge in [-0.3, -0.25) is 14.8 Å². The molecule has 1 aromatic carbocycles. The zero-order chi connectivity index (χ0) is 19.9. The Morgan fingerprint density at radius 2 is 1.82 bits per heavy atom. The summed E-state index contributed by atoms with van der Waals surface area (Å²) in [5, 5.41) is 18.3. The van der Waals surface area contributed by atoms with Crippen molar-refractivity contribution in [1.29, 1.82) is 0 Å². The predicted molar refractivity (Wildman–Crippen MR) is 98.9 cm³/mol. The summed E-state index contributed by atoms with van der Waals surface area (Å²) in [5.74, 6) is -0.722. The first-order valence-electron chi connectivity index (χ1n) is 8.77. The summed E-state index contributed by atoms with van der Waals surface area (Å²) in [6.07, 6.45) is 1.62. The quantitative estimate of drug-likeness (QED) is 0.672. The van der Waals surface area contributed by atoms with Gasteiger partial charge in [0.15, 0.2) is 5.82 Å². The number of aromatic nitrogens is 2. The van der Waals surface area contributed by atoms with Crippen molar-refractivity contribution in [2.45, 2.75) is 13.1 Å². The second-order valence-corrected chi connectivity index (χ2v) is 6.20. The summed E-state index contributed by atoms with van der Waals surface area (Å²) in [6.45, 7) is 2.55. The van der Waals surface area contributed by atoms with Crippen LogP contribution in [0.2, 0.25) is 0 Å². The molecule has 3 N–H and O–H groups in total. The highest BCUT2D eigenvalue weighted by molar-refractivity contribution is 5.88. The van der Waals surface area contributed by atoms with Crippen LogP contribution in [0.1, 0.15) is 15.9 Å². The third-order valence-corrected chi connectivity index (χ3v) is 4.20. The van der Waals surface area contributed by atoms with E-state index in [1.165, 1.54) is 16.8 Å². The van der Waals surface area contributed by atoms with Crippen LogP contribution in [0.4, 0.5) is 10.6 Å². The average molecular weight is 387 g/mol. The Bertz CT molecular complexity index is 842. The lowest BCUT2D eigenvalue weighted by Crippen LogP contribution is -2.42. The number of nitrogens with zero attached hydrogens (tertiary/aromatic N) is 3. The normalized spacial score (nSPS) is 13.8. The number of carboxylic acid groups (broad SMARTS) is 1. The molecule has 1 aromatic heterocycles. The van der Waals surface area contributed by atoms with Gasteiger partial charge >= 0.3 is 12.0 Å². The first kappa shape index (κ1) is 19.4. The van der Waals surface area contributed by atoms with Crippen LogP contribution in [0, 0.1) is 0 Å². The Labute approximate surface area is 161 Å². The minimum absolute atomic E-state index is 0.0489. The number of hydrogen-bond acceptors (Lipinski definition) is 5. The lowest BCUT2D eigenvalue weighted by Gasteiger charge is -2.26. The molecule has 1 aliphatic heterocycles. The highest BCUT2D eigenvalue weighted by atomic mass is 16.5. The second-order valence-electron chi connectivity index (χ2n) is 6.20. The van der Waals surface area contributed by atoms with Crippen molar-refractivity contribution in [3.05, 3.63) is 47.7 Å². The van der Waals surface area contributed by atoms with E-state index in [9.17, 15) is 14.4 Å². The van der Waals surface area contributed by atoms with Gasteiger partial charge in [0.25, 0.3) is 0 Å². The van der Waals surface area contributed by atoms with Gasteiger partial charge in [0.1, 0.15) is 6.54 Å². The molecule has 2 aromatic rings. The van der Waals surface area contributed by atoms with Gasteiger partial charge in [0.05, 0.1) is 18.8 Å². The zero-order valence-corrected chi connectivity index (χ0v) is 15.1. The van der Waals surface area contributed by atoms with Gasteiger partial charge in [0.2, 0.25) is 5.91 Å². The van der Waals surface area contributed by atoms with E-state index in [-0.39, 0.29) is 24.6 Å². The van der Waals surface area contributed by atoms with Gasteiger partial charge in [-0.05, 0) is 17.7 Å². The molecule has 0 unspecified atom stereocenters. The van der Waals surface area contributed by atoms with Crippen LogP contribution in [0.5, 0.6) is 0 Å². The molecule has 3 rings (SSSR count). The van der Waals surface area contributed by atoms with Crippen LogP contribution < -0.4 is 10.6 Å². The van der Waals surface area contributed by atoms with E-state index in [0.717, 1.165) is 5.56 Å². The molecule has 0 spiro atoms. The Balaban J connectivity index is 1.45. The Morgan fingerprint density at radius 3 is 2.50 bits per heavy atom. The van der Waals surface area contributed by atoms with Crippen molar-refractivity contribution >= 4 is 23.7 Å². The van der Waals surface area contributed by atoms with Crippen LogP contribution in [-0.4, -0.2) is 64.0 Å². The SMILES string of the molecule is O=C(NCc1ccc(C(=O)O)cc1)Nc1ccn(CC(=O)N2CCOCC2)n1. The summed E-state index contributed by atoms with van der Waals surface area (Å²) in [5.41, 5.74) is 0.951. The monoisotopic (exact) mass is 387 g/mol. The number of anilines is 1. The molecule has 10 nitrogen and oxygen atoms in total. The molecule has 0 atom stereocenters. The van der Waals surface area contributed by atoms with E-state index in [1.807, 2.05) is 0 Å². The van der Waals surface area contributed by atoms with E-state index in [0.29, 0.717) is 32.1 Å². The highest BCUT2D eigenvalue weighted by Gasteiger charge is 2.17. The average Bonchev–Trinajstić information content (AvgIpc) is 3.14. The van der Waals surface area contributed by atoms with Crippen LogP contribution >= 0.6 is 0 Å². The lowest BCUT2D eigenvalue weighted by molar-refractivity contribution is -0.136. The Kier molecular flexibility index (Phi) is 6.22. The first-order chi connectivity index (χ1) is 13.5. The molecule has 148 valence electrons. The Hall–Kier alpha value is -3.40. The number of ether oxygens (including phenoxy) is 1. The summed E-state index contributed by atoms with van der Waals surface area (Å²) < 4.78 is 6.69. The maximum atomic E-state index is 12.2. The number of aromatic carboxylic acids is 1. The van der Waals surface area contributed by atoms with Crippen molar-refractivity contribution < 1.29 is 24.2 Å². The number of carbonyl (C=O) groups is 3. The smallest absolute Gasteiger partial charge is 0.335 e. The van der Waals surface area contributed by atoms with E-state index < -0.39 is 12.0 Å². The molecular weight excluding hydrogens is 366 g/mol. The van der Waals surface area contributed by atoms with Gasteiger partial charge in [-0.2, -0.15) is 5.10 Å². The first-order valence-corrected chi connectivity index (χ1v) is 8.77. The fourth-order valence-electron chi connectivity index (χ4n) is 2.68. The molecule has 0 radical (unpaired) electrons. The van der Waals surface area contributed by atoms with Gasteiger partial charge in [-0.1, -0.05) is 12.1 Å². The van der Waals surface area contributed by atoms with Gasteiger partial charge in [-0.25, -0.2) is 9.59 Å². The topological polar surface area (TPSA) is 126 Å². The number of nitrogens with one attached hydrogen (secondary N) is 2. The summed E-state index contributed by atoms with van der Waals surface area (Å²) in [7, 11) is 0. The van der Waals surface area contributed by atoms with Crippen molar-refractivity contribution in [2.75, 3.05) is 31.6 Å². The molecule has 2 heterocycles. The van der Waals surface area contributed by atoms with E-state index in [4.69, 9.17) is 9.84 Å². The van der Waals surface area contributed by atoms with Crippen LogP contribution in [-0.2, 0) is 22.6 Å². The van der Waals surface area contributed by atoms with E-state index in [1.54, 1.807) is 29.3 Å². The summed E-state index contributed by atoms with van der Waals surface area (Å²) in [6, 6.07) is 7.38. The second kappa shape index (κ2) is 9.00. The number of morpholine rings is 1. The third-order valence-electron chi connectivity index (χ3n) is 4.20. The predicted octanol–water partition coefficient (Wildman–Crippen LogP) is 0.762. The van der Waals surface area contributed by atoms with Gasteiger partial charge in [0, 0.05) is 31.9 Å². The number of rotatable bonds is 6. The zero-order valence-electron chi connectivity index (χ0n) is 15.1. The van der Waals surface area contributed by atoms with Crippen molar-refractivity contribution in [1.82, 2.24) is 20.0 Å². The maximum Gasteiger partial charge on any atom is 0.335 e. The van der Waals surface area contributed by atoms with Crippen molar-refractivity contribution in [3.63, 3.8) is 0 Å². The van der Waals surface area contributed by atoms with Gasteiger partial charge in [-0.15, -0.1) is 0 Å². The lowest BCUT2D eigenvalue weighted by atomic mass is 10.1. The standard InChI is InChI=1S/C18H21N5O5/c24-16(22-7-9-28-10-8-22)12-23-6-5-15(21-23)20-18(27)19-11-13-1-3-14(4-2-13)17(25)26/h1-6H,7-12H2,(H,25,26)(H2,19,20,21,27). The molecule has 10 heteroatoms. The largest absolute Gasteiger partial charge is 0.478 e. The number of amides is 3. The molecule has 3 amide bonds. The fraction of sp³-hybridized carbons (Fsp3) is 0.333. The highest BCUT2D eigenvalue weighted by Crippen LogP contribution is 2.06. The van der Waals surface area contributed by atoms with E-state index >= 15 is 0 Å². The number of carbonyl (C=O) groups excluding carboxylic acids is 2. The molecule has 0 bridgehead atoms. The molecule has 0 aliphatic carbocycles. The van der Waals surface area contributed by atoms with Crippen LogP contribution in [0.3, 0.4) is 0 Å². The van der Waals surface area contributed by atoms with Crippen molar-refractivity contribution in [3.8, 4) is 0 Å².